The molecule has 3 rings (SSSR count). The summed E-state index contributed by atoms with van der Waals surface area (Å²) in [5, 5.41) is 0. The first-order valence-corrected chi connectivity index (χ1v) is 9.98. The predicted octanol–water partition coefficient (Wildman–Crippen LogP) is 3.90. The van der Waals surface area contributed by atoms with E-state index < -0.39 is 44.7 Å². The molecule has 1 heterocycles. The third kappa shape index (κ3) is 3.87. The zero-order chi connectivity index (χ0) is 21.4. The van der Waals surface area contributed by atoms with Crippen molar-refractivity contribution < 1.29 is 35.9 Å². The van der Waals surface area contributed by atoms with Crippen LogP contribution in [-0.2, 0) is 24.1 Å². The number of rotatable bonds is 4. The molecule has 0 fully saturated rings. The van der Waals surface area contributed by atoms with Gasteiger partial charge in [0.2, 0.25) is 21.7 Å². The second kappa shape index (κ2) is 7.55. The van der Waals surface area contributed by atoms with Crippen LogP contribution in [0.1, 0.15) is 17.0 Å². The summed E-state index contributed by atoms with van der Waals surface area (Å²) >= 11 is 0. The Balaban J connectivity index is 2.29. The zero-order valence-corrected chi connectivity index (χ0v) is 16.3. The van der Waals surface area contributed by atoms with Crippen molar-refractivity contribution in [2.24, 2.45) is 0 Å². The van der Waals surface area contributed by atoms with Gasteiger partial charge in [-0.05, 0) is 24.6 Å². The first-order valence-electron chi connectivity index (χ1n) is 8.50. The molecule has 5 nitrogen and oxygen atoms in total. The van der Waals surface area contributed by atoms with E-state index in [1.807, 2.05) is 0 Å². The molecule has 0 radical (unpaired) electrons. The number of allylic oxidation sites excluding steroid dienone is 1. The van der Waals surface area contributed by atoms with Crippen LogP contribution < -0.4 is 0 Å². The van der Waals surface area contributed by atoms with Crippen LogP contribution in [0, 0.1) is 6.92 Å². The van der Waals surface area contributed by atoms with E-state index in [0.29, 0.717) is 0 Å². The van der Waals surface area contributed by atoms with E-state index in [0.717, 1.165) is 12.7 Å². The maximum atomic E-state index is 13.8. The van der Waals surface area contributed by atoms with Gasteiger partial charge < -0.3 is 9.47 Å². The third-order valence-electron chi connectivity index (χ3n) is 4.52. The topological polar surface area (TPSA) is 69.7 Å². The maximum Gasteiger partial charge on any atom is 0.450 e. The number of benzene rings is 2. The fraction of sp³-hybridized carbons (Fsp3) is 0.250. The molecule has 2 aromatic carbocycles. The Bertz CT molecular complexity index is 1040. The summed E-state index contributed by atoms with van der Waals surface area (Å²) in [6.45, 7) is 1.72. The predicted molar refractivity (Wildman–Crippen MR) is 97.5 cm³/mol. The van der Waals surface area contributed by atoms with E-state index in [1.165, 1.54) is 48.5 Å². The second-order valence-corrected chi connectivity index (χ2v) is 8.38. The summed E-state index contributed by atoms with van der Waals surface area (Å²) in [5.74, 6) is -4.32. The molecule has 0 saturated heterocycles. The van der Waals surface area contributed by atoms with Gasteiger partial charge in [-0.2, -0.15) is 13.2 Å². The van der Waals surface area contributed by atoms with Gasteiger partial charge in [-0.3, -0.25) is 0 Å². The van der Waals surface area contributed by atoms with E-state index in [9.17, 15) is 26.4 Å². The Hall–Kier alpha value is -2.81. The number of alkyl halides is 3. The van der Waals surface area contributed by atoms with E-state index in [1.54, 1.807) is 13.0 Å². The van der Waals surface area contributed by atoms with Crippen LogP contribution in [0.2, 0.25) is 0 Å². The molecule has 2 aromatic rings. The molecule has 29 heavy (non-hydrogen) atoms. The Morgan fingerprint density at radius 3 is 2.14 bits per heavy atom. The number of aryl methyl sites for hydroxylation is 1. The highest BCUT2D eigenvalue weighted by atomic mass is 32.2. The Labute approximate surface area is 165 Å². The number of carbonyl (C=O) groups excluding carboxylic acids is 1. The number of sulfone groups is 1. The monoisotopic (exact) mass is 426 g/mol. The van der Waals surface area contributed by atoms with Gasteiger partial charge in [-0.15, -0.1) is 0 Å². The lowest BCUT2D eigenvalue weighted by atomic mass is 9.94. The van der Waals surface area contributed by atoms with Gasteiger partial charge in [0.15, 0.2) is 0 Å². The fourth-order valence-electron chi connectivity index (χ4n) is 3.16. The van der Waals surface area contributed by atoms with Crippen molar-refractivity contribution in [2.45, 2.75) is 30.0 Å². The molecule has 1 aliphatic rings. The van der Waals surface area contributed by atoms with E-state index >= 15 is 0 Å². The number of esters is 1. The van der Waals surface area contributed by atoms with Crippen LogP contribution in [0.5, 0.6) is 0 Å². The summed E-state index contributed by atoms with van der Waals surface area (Å²) in [6.07, 6.45) is -6.91. The Morgan fingerprint density at radius 2 is 1.62 bits per heavy atom. The molecule has 9 heteroatoms. The molecule has 0 N–H and O–H groups in total. The molecule has 0 spiro atoms. The van der Waals surface area contributed by atoms with Crippen molar-refractivity contribution in [3.8, 4) is 0 Å². The molecule has 2 unspecified atom stereocenters. The van der Waals surface area contributed by atoms with E-state index in [-0.39, 0.29) is 10.5 Å². The van der Waals surface area contributed by atoms with Crippen molar-refractivity contribution in [3.05, 3.63) is 76.4 Å². The number of ether oxygens (including phenoxy) is 2. The van der Waals surface area contributed by atoms with Crippen molar-refractivity contribution in [2.75, 3.05) is 7.11 Å². The van der Waals surface area contributed by atoms with Crippen LogP contribution in [0.25, 0.3) is 0 Å². The summed E-state index contributed by atoms with van der Waals surface area (Å²) in [4.78, 5) is 10.9. The van der Waals surface area contributed by atoms with Crippen LogP contribution in [-0.4, -0.2) is 33.8 Å². The van der Waals surface area contributed by atoms with Gasteiger partial charge in [0.25, 0.3) is 0 Å². The lowest BCUT2D eigenvalue weighted by Crippen LogP contribution is -2.30. The van der Waals surface area contributed by atoms with Crippen molar-refractivity contribution in [1.29, 1.82) is 0 Å². The summed E-state index contributed by atoms with van der Waals surface area (Å²) in [7, 11) is -3.64. The van der Waals surface area contributed by atoms with Gasteiger partial charge in [-0.1, -0.05) is 48.0 Å². The smallest absolute Gasteiger partial charge is 0.450 e. The van der Waals surface area contributed by atoms with E-state index in [4.69, 9.17) is 4.74 Å². The molecule has 0 bridgehead atoms. The minimum Gasteiger partial charge on any atom is -0.472 e. The summed E-state index contributed by atoms with van der Waals surface area (Å²) < 4.78 is 77.2. The van der Waals surface area contributed by atoms with Crippen molar-refractivity contribution in [3.63, 3.8) is 0 Å². The number of halogens is 3. The maximum absolute atomic E-state index is 13.8. The van der Waals surface area contributed by atoms with Gasteiger partial charge in [-0.25, -0.2) is 13.2 Å². The van der Waals surface area contributed by atoms with E-state index in [2.05, 4.69) is 4.74 Å². The molecule has 1 aliphatic heterocycles. The lowest BCUT2D eigenvalue weighted by molar-refractivity contribution is -0.161. The largest absolute Gasteiger partial charge is 0.472 e. The van der Waals surface area contributed by atoms with Crippen LogP contribution in [0.4, 0.5) is 13.2 Å². The summed E-state index contributed by atoms with van der Waals surface area (Å²) in [5.41, 5.74) is 0.927. The number of methoxy groups -OCH3 is 1. The van der Waals surface area contributed by atoms with Crippen LogP contribution in [0.3, 0.4) is 0 Å². The Morgan fingerprint density at radius 1 is 1.03 bits per heavy atom. The molecule has 0 aliphatic carbocycles. The first-order chi connectivity index (χ1) is 13.6. The molecule has 0 amide bonds. The van der Waals surface area contributed by atoms with Crippen LogP contribution in [0.15, 0.2) is 70.2 Å². The lowest BCUT2D eigenvalue weighted by Gasteiger charge is -2.19. The first kappa shape index (κ1) is 20.9. The highest BCUT2D eigenvalue weighted by Gasteiger charge is 2.56. The minimum atomic E-state index is -5.12. The number of hydrogen-bond donors (Lipinski definition) is 0. The van der Waals surface area contributed by atoms with Crippen molar-refractivity contribution >= 4 is 15.8 Å². The molecular weight excluding hydrogens is 409 g/mol. The molecule has 2 atom stereocenters. The summed E-state index contributed by atoms with van der Waals surface area (Å²) in [6, 6.07) is 13.0. The number of hydrogen-bond acceptors (Lipinski definition) is 5. The van der Waals surface area contributed by atoms with Crippen molar-refractivity contribution in [1.82, 2.24) is 0 Å². The van der Waals surface area contributed by atoms with Gasteiger partial charge >= 0.3 is 12.1 Å². The van der Waals surface area contributed by atoms with Gasteiger partial charge in [0, 0.05) is 0 Å². The van der Waals surface area contributed by atoms with Gasteiger partial charge in [0.05, 0.1) is 17.9 Å². The quantitative estimate of drug-likeness (QED) is 0.694. The second-order valence-electron chi connectivity index (χ2n) is 6.46. The Kier molecular flexibility index (Phi) is 5.44. The average Bonchev–Trinajstić information content (AvgIpc) is 3.10. The standard InChI is InChI=1S/C20H17F3O5S/c1-12-8-10-14(11-9-12)29(25,26)17-15(13-6-4-3-5-7-13)16(19(24)27-2)28-18(17)20(21,22)23/h3-11,15-16H,1-2H3. The highest BCUT2D eigenvalue weighted by Crippen LogP contribution is 2.49. The highest BCUT2D eigenvalue weighted by molar-refractivity contribution is 7.95. The SMILES string of the molecule is COC(=O)C1OC(C(F)(F)F)=C(S(=O)(=O)c2ccc(C)cc2)C1c1ccccc1. The molecule has 0 saturated carbocycles. The van der Waals surface area contributed by atoms with Gasteiger partial charge in [0.1, 0.15) is 4.91 Å². The molecule has 154 valence electrons. The molecular formula is C20H17F3O5S. The third-order valence-corrected chi connectivity index (χ3v) is 6.44. The van der Waals surface area contributed by atoms with Crippen LogP contribution >= 0.6 is 0 Å². The normalized spacial score (nSPS) is 19.8. The fourth-order valence-corrected chi connectivity index (χ4v) is 4.91. The zero-order valence-electron chi connectivity index (χ0n) is 15.4. The minimum absolute atomic E-state index is 0.188. The molecule has 0 aromatic heterocycles. The average molecular weight is 426 g/mol. The number of carbonyl (C=O) groups is 1.